The molecule has 1 amide bonds. The maximum absolute atomic E-state index is 12.4. The van der Waals surface area contributed by atoms with E-state index in [1.807, 2.05) is 0 Å². The second kappa shape index (κ2) is 7.16. The Bertz CT molecular complexity index is 1200. The fourth-order valence-electron chi connectivity index (χ4n) is 2.76. The van der Waals surface area contributed by atoms with E-state index in [-0.39, 0.29) is 31.0 Å². The first-order valence-corrected chi connectivity index (χ1v) is 8.70. The molecule has 8 nitrogen and oxygen atoms in total. The molecule has 0 aliphatic carbocycles. The van der Waals surface area contributed by atoms with Gasteiger partial charge in [-0.3, -0.25) is 9.59 Å². The lowest BCUT2D eigenvalue weighted by Gasteiger charge is -2.05. The number of carbonyl (C=O) groups is 1. The Labute approximate surface area is 158 Å². The third-order valence-corrected chi connectivity index (χ3v) is 4.34. The number of carbonyl (C=O) groups excluding carboxylic acids is 1. The van der Waals surface area contributed by atoms with Crippen LogP contribution in [0.4, 0.5) is 0 Å². The lowest BCUT2D eigenvalue weighted by atomic mass is 10.2. The van der Waals surface area contributed by atoms with Crippen LogP contribution in [0.1, 0.15) is 12.1 Å². The van der Waals surface area contributed by atoms with Crippen LogP contribution in [0.25, 0.3) is 16.6 Å². The molecule has 27 heavy (non-hydrogen) atoms. The highest BCUT2D eigenvalue weighted by atomic mass is 35.5. The van der Waals surface area contributed by atoms with Gasteiger partial charge in [0.1, 0.15) is 11.2 Å². The molecule has 0 saturated carbocycles. The highest BCUT2D eigenvalue weighted by Gasteiger charge is 2.09. The van der Waals surface area contributed by atoms with Crippen molar-refractivity contribution in [2.75, 3.05) is 0 Å². The minimum absolute atomic E-state index is 0.117. The molecule has 0 atom stereocenters. The summed E-state index contributed by atoms with van der Waals surface area (Å²) in [5.41, 5.74) is 1.75. The van der Waals surface area contributed by atoms with Gasteiger partial charge < -0.3 is 9.72 Å². The number of pyridine rings is 1. The predicted molar refractivity (Wildman–Crippen MR) is 100 cm³/mol. The van der Waals surface area contributed by atoms with Crippen molar-refractivity contribution in [2.24, 2.45) is 0 Å². The molecule has 0 aliphatic heterocycles. The molecule has 3 heterocycles. The van der Waals surface area contributed by atoms with E-state index < -0.39 is 0 Å². The van der Waals surface area contributed by atoms with Crippen molar-refractivity contribution in [3.63, 3.8) is 0 Å². The van der Waals surface area contributed by atoms with Crippen molar-refractivity contribution in [2.45, 2.75) is 19.5 Å². The average molecular weight is 383 g/mol. The van der Waals surface area contributed by atoms with E-state index in [9.17, 15) is 9.59 Å². The van der Waals surface area contributed by atoms with Gasteiger partial charge in [-0.25, -0.2) is 9.67 Å². The molecule has 0 saturated heterocycles. The summed E-state index contributed by atoms with van der Waals surface area (Å²) in [6, 6.07) is 10.5. The molecule has 0 unspecified atom stereocenters. The number of amides is 1. The van der Waals surface area contributed by atoms with E-state index in [0.29, 0.717) is 21.6 Å². The van der Waals surface area contributed by atoms with Gasteiger partial charge in [0.05, 0.1) is 29.2 Å². The fraction of sp³-hybridized carbons (Fsp3) is 0.167. The van der Waals surface area contributed by atoms with Gasteiger partial charge in [-0.15, -0.1) is 5.10 Å². The normalized spacial score (nSPS) is 11.1. The van der Waals surface area contributed by atoms with Crippen LogP contribution in [0.3, 0.4) is 0 Å². The number of rotatable bonds is 5. The largest absolute Gasteiger partial charge is 0.350 e. The van der Waals surface area contributed by atoms with Crippen molar-refractivity contribution in [1.29, 1.82) is 0 Å². The van der Waals surface area contributed by atoms with E-state index in [1.54, 1.807) is 53.2 Å². The first kappa shape index (κ1) is 17.2. The molecule has 3 aromatic heterocycles. The molecule has 0 fully saturated rings. The van der Waals surface area contributed by atoms with Crippen LogP contribution in [0, 0.1) is 0 Å². The molecule has 1 aromatic carbocycles. The summed E-state index contributed by atoms with van der Waals surface area (Å²) < 4.78 is 3.00. The maximum atomic E-state index is 12.4. The van der Waals surface area contributed by atoms with Gasteiger partial charge in [-0.2, -0.15) is 0 Å². The Morgan fingerprint density at radius 3 is 2.89 bits per heavy atom. The van der Waals surface area contributed by atoms with Crippen molar-refractivity contribution < 1.29 is 4.79 Å². The van der Waals surface area contributed by atoms with Crippen LogP contribution in [-0.4, -0.2) is 30.3 Å². The zero-order valence-corrected chi connectivity index (χ0v) is 14.9. The second-order valence-corrected chi connectivity index (χ2v) is 6.44. The predicted octanol–water partition coefficient (Wildman–Crippen LogP) is 1.80. The summed E-state index contributed by atoms with van der Waals surface area (Å²) in [6.07, 6.45) is 3.67. The zero-order chi connectivity index (χ0) is 18.8. The summed E-state index contributed by atoms with van der Waals surface area (Å²) in [5, 5.41) is 11.8. The highest BCUT2D eigenvalue weighted by molar-refractivity contribution is 6.30. The standard InChI is InChI=1S/C18H15ClN6O2/c19-12-5-6-16-21-13(11-24(16)10-12)9-20-17(26)7-8-25-18(27)14-3-1-2-4-15(14)22-23-25/h1-6,10-11H,7-9H2,(H,20,26). The van der Waals surface area contributed by atoms with Gasteiger partial charge >= 0.3 is 0 Å². The Kier molecular flexibility index (Phi) is 4.55. The molecule has 4 rings (SSSR count). The van der Waals surface area contributed by atoms with Gasteiger partial charge in [-0.1, -0.05) is 28.9 Å². The van der Waals surface area contributed by atoms with E-state index in [0.717, 1.165) is 5.65 Å². The molecular weight excluding hydrogens is 368 g/mol. The molecule has 9 heteroatoms. The van der Waals surface area contributed by atoms with Crippen LogP contribution in [0.5, 0.6) is 0 Å². The van der Waals surface area contributed by atoms with Crippen LogP contribution in [-0.2, 0) is 17.9 Å². The van der Waals surface area contributed by atoms with E-state index in [1.165, 1.54) is 4.68 Å². The lowest BCUT2D eigenvalue weighted by molar-refractivity contribution is -0.121. The fourth-order valence-corrected chi connectivity index (χ4v) is 2.93. The Morgan fingerprint density at radius 2 is 2.00 bits per heavy atom. The minimum atomic E-state index is -0.259. The summed E-state index contributed by atoms with van der Waals surface area (Å²) in [5.74, 6) is -0.202. The molecule has 0 bridgehead atoms. The number of nitrogens with one attached hydrogen (secondary N) is 1. The molecule has 0 aliphatic rings. The smallest absolute Gasteiger partial charge is 0.277 e. The average Bonchev–Trinajstić information content (AvgIpc) is 3.08. The molecule has 0 radical (unpaired) electrons. The van der Waals surface area contributed by atoms with E-state index in [2.05, 4.69) is 20.6 Å². The monoisotopic (exact) mass is 382 g/mol. The minimum Gasteiger partial charge on any atom is -0.350 e. The van der Waals surface area contributed by atoms with E-state index >= 15 is 0 Å². The number of aryl methyl sites for hydroxylation is 1. The SMILES string of the molecule is O=C(CCn1nnc2ccccc2c1=O)NCc1cn2cc(Cl)ccc2n1. The third-order valence-electron chi connectivity index (χ3n) is 4.11. The topological polar surface area (TPSA) is 94.2 Å². The number of fused-ring (bicyclic) bond motifs is 2. The molecular formula is C18H15ClN6O2. The Balaban J connectivity index is 1.38. The van der Waals surface area contributed by atoms with Crippen molar-refractivity contribution in [3.05, 3.63) is 69.9 Å². The summed E-state index contributed by atoms with van der Waals surface area (Å²) in [6.45, 7) is 0.444. The molecule has 136 valence electrons. The summed E-state index contributed by atoms with van der Waals surface area (Å²) >= 11 is 5.95. The van der Waals surface area contributed by atoms with Crippen molar-refractivity contribution in [1.82, 2.24) is 29.7 Å². The lowest BCUT2D eigenvalue weighted by Crippen LogP contribution is -2.29. The quantitative estimate of drug-likeness (QED) is 0.568. The molecule has 1 N–H and O–H groups in total. The Morgan fingerprint density at radius 1 is 1.15 bits per heavy atom. The van der Waals surface area contributed by atoms with Gasteiger partial charge in [0.25, 0.3) is 5.56 Å². The third kappa shape index (κ3) is 3.65. The van der Waals surface area contributed by atoms with E-state index in [4.69, 9.17) is 11.6 Å². The number of imidazole rings is 1. The first-order chi connectivity index (χ1) is 13.1. The van der Waals surface area contributed by atoms with Gasteiger partial charge in [0.2, 0.25) is 5.91 Å². The van der Waals surface area contributed by atoms with Crippen molar-refractivity contribution in [3.8, 4) is 0 Å². The van der Waals surface area contributed by atoms with Gasteiger partial charge in [0.15, 0.2) is 0 Å². The molecule has 0 spiro atoms. The maximum Gasteiger partial charge on any atom is 0.277 e. The number of hydrogen-bond acceptors (Lipinski definition) is 5. The highest BCUT2D eigenvalue weighted by Crippen LogP contribution is 2.11. The van der Waals surface area contributed by atoms with Gasteiger partial charge in [0, 0.05) is 18.8 Å². The van der Waals surface area contributed by atoms with Crippen LogP contribution in [0.2, 0.25) is 5.02 Å². The van der Waals surface area contributed by atoms with Gasteiger partial charge in [-0.05, 0) is 24.3 Å². The number of nitrogens with zero attached hydrogens (tertiary/aromatic N) is 5. The second-order valence-electron chi connectivity index (χ2n) is 6.01. The number of benzene rings is 1. The first-order valence-electron chi connectivity index (χ1n) is 8.32. The number of aromatic nitrogens is 5. The van der Waals surface area contributed by atoms with Crippen LogP contribution >= 0.6 is 11.6 Å². The summed E-state index contributed by atoms with van der Waals surface area (Å²) in [4.78, 5) is 28.9. The van der Waals surface area contributed by atoms with Crippen LogP contribution in [0.15, 0.2) is 53.6 Å². The number of hydrogen-bond donors (Lipinski definition) is 1. The summed E-state index contributed by atoms with van der Waals surface area (Å²) in [7, 11) is 0. The van der Waals surface area contributed by atoms with Crippen LogP contribution < -0.4 is 10.9 Å². The zero-order valence-electron chi connectivity index (χ0n) is 14.2. The molecule has 4 aromatic rings. The number of halogens is 1. The Hall–Kier alpha value is -3.26. The van der Waals surface area contributed by atoms with Crippen molar-refractivity contribution >= 4 is 34.1 Å².